The van der Waals surface area contributed by atoms with Gasteiger partial charge >= 0.3 is 0 Å². The molecule has 6 heteroatoms. The molecule has 0 spiro atoms. The van der Waals surface area contributed by atoms with Gasteiger partial charge in [0.2, 0.25) is 0 Å². The minimum atomic E-state index is 0.0259. The van der Waals surface area contributed by atoms with Gasteiger partial charge in [-0.3, -0.25) is 9.59 Å². The molecule has 2 fully saturated rings. The number of carbonyl (C=O) groups excluding carboxylic acids is 2. The predicted molar refractivity (Wildman–Crippen MR) is 112 cm³/mol. The van der Waals surface area contributed by atoms with E-state index in [4.69, 9.17) is 9.47 Å². The summed E-state index contributed by atoms with van der Waals surface area (Å²) in [4.78, 5) is 29.2. The van der Waals surface area contributed by atoms with E-state index in [-0.39, 0.29) is 30.5 Å². The van der Waals surface area contributed by atoms with Crippen molar-refractivity contribution in [2.45, 2.75) is 58.5 Å². The number of benzene rings is 1. The Morgan fingerprint density at radius 2 is 1.83 bits per heavy atom. The molecule has 3 rings (SSSR count). The summed E-state index contributed by atoms with van der Waals surface area (Å²) in [7, 11) is 0. The second-order valence-corrected chi connectivity index (χ2v) is 8.32. The highest BCUT2D eigenvalue weighted by atomic mass is 16.5. The minimum Gasteiger partial charge on any atom is -0.484 e. The summed E-state index contributed by atoms with van der Waals surface area (Å²) >= 11 is 0. The zero-order valence-corrected chi connectivity index (χ0v) is 17.9. The summed E-state index contributed by atoms with van der Waals surface area (Å²) in [5.41, 5.74) is 0.641. The van der Waals surface area contributed by atoms with Crippen LogP contribution in [0.5, 0.6) is 5.75 Å². The number of likely N-dealkylation sites (tertiary alicyclic amines) is 1. The van der Waals surface area contributed by atoms with Crippen molar-refractivity contribution in [1.29, 1.82) is 0 Å². The highest BCUT2D eigenvalue weighted by Gasteiger charge is 2.29. The fourth-order valence-electron chi connectivity index (χ4n) is 4.40. The minimum absolute atomic E-state index is 0.0259. The van der Waals surface area contributed by atoms with Crippen LogP contribution in [0, 0.1) is 5.92 Å². The van der Waals surface area contributed by atoms with Crippen LogP contribution >= 0.6 is 0 Å². The molecule has 0 bridgehead atoms. The van der Waals surface area contributed by atoms with Crippen LogP contribution in [0.3, 0.4) is 0 Å². The maximum Gasteiger partial charge on any atom is 0.260 e. The third-order valence-corrected chi connectivity index (χ3v) is 6.12. The van der Waals surface area contributed by atoms with Crippen molar-refractivity contribution in [3.63, 3.8) is 0 Å². The zero-order chi connectivity index (χ0) is 20.8. The molecule has 0 N–H and O–H groups in total. The lowest BCUT2D eigenvalue weighted by molar-refractivity contribution is -0.139. The maximum absolute atomic E-state index is 12.8. The van der Waals surface area contributed by atoms with Gasteiger partial charge in [0.05, 0.1) is 6.61 Å². The van der Waals surface area contributed by atoms with E-state index in [0.29, 0.717) is 23.8 Å². The Kier molecular flexibility index (Phi) is 7.53. The van der Waals surface area contributed by atoms with E-state index in [9.17, 15) is 9.59 Å². The SMILES string of the molecule is CCN(CC1CCOC1)C(=O)c1ccc(OCC(=O)N2C(C)CCCC2C)cc1. The predicted octanol–water partition coefficient (Wildman–Crippen LogP) is 3.35. The fourth-order valence-corrected chi connectivity index (χ4v) is 4.40. The van der Waals surface area contributed by atoms with Gasteiger partial charge in [0.1, 0.15) is 5.75 Å². The number of rotatable bonds is 7. The maximum atomic E-state index is 12.8. The number of hydrogen-bond donors (Lipinski definition) is 0. The van der Waals surface area contributed by atoms with Crippen LogP contribution in [0.1, 0.15) is 56.8 Å². The molecule has 2 amide bonds. The summed E-state index contributed by atoms with van der Waals surface area (Å²) in [6, 6.07) is 7.64. The largest absolute Gasteiger partial charge is 0.484 e. The first-order valence-corrected chi connectivity index (χ1v) is 10.9. The monoisotopic (exact) mass is 402 g/mol. The Balaban J connectivity index is 1.53. The Morgan fingerprint density at radius 1 is 1.14 bits per heavy atom. The van der Waals surface area contributed by atoms with Crippen molar-refractivity contribution in [3.05, 3.63) is 29.8 Å². The Bertz CT molecular complexity index is 675. The molecule has 3 unspecified atom stereocenters. The van der Waals surface area contributed by atoms with Crippen LogP contribution in [-0.2, 0) is 9.53 Å². The molecular formula is C23H34N2O4. The van der Waals surface area contributed by atoms with E-state index in [1.807, 2.05) is 16.7 Å². The van der Waals surface area contributed by atoms with Gasteiger partial charge in [0.15, 0.2) is 6.61 Å². The number of carbonyl (C=O) groups is 2. The van der Waals surface area contributed by atoms with Crippen LogP contribution in [0.15, 0.2) is 24.3 Å². The van der Waals surface area contributed by atoms with E-state index in [1.54, 1.807) is 24.3 Å². The van der Waals surface area contributed by atoms with Gasteiger partial charge in [-0.2, -0.15) is 0 Å². The molecule has 2 aliphatic heterocycles. The lowest BCUT2D eigenvalue weighted by Crippen LogP contribution is -2.49. The molecule has 1 aromatic rings. The topological polar surface area (TPSA) is 59.1 Å². The third-order valence-electron chi connectivity index (χ3n) is 6.12. The first-order chi connectivity index (χ1) is 14.0. The van der Waals surface area contributed by atoms with Crippen LogP contribution in [0.25, 0.3) is 0 Å². The first kappa shape index (κ1) is 21.6. The van der Waals surface area contributed by atoms with Gasteiger partial charge in [-0.05, 0) is 70.7 Å². The van der Waals surface area contributed by atoms with E-state index < -0.39 is 0 Å². The quantitative estimate of drug-likeness (QED) is 0.702. The Hall–Kier alpha value is -2.08. The van der Waals surface area contributed by atoms with E-state index in [0.717, 1.165) is 39.0 Å². The number of piperidine rings is 1. The number of ether oxygens (including phenoxy) is 2. The molecule has 0 saturated carbocycles. The van der Waals surface area contributed by atoms with Gasteiger partial charge < -0.3 is 19.3 Å². The second kappa shape index (κ2) is 10.1. The van der Waals surface area contributed by atoms with Crippen molar-refractivity contribution in [1.82, 2.24) is 9.80 Å². The lowest BCUT2D eigenvalue weighted by atomic mass is 9.97. The number of nitrogens with zero attached hydrogens (tertiary/aromatic N) is 2. The van der Waals surface area contributed by atoms with E-state index >= 15 is 0 Å². The summed E-state index contributed by atoms with van der Waals surface area (Å²) in [5.74, 6) is 1.09. The summed E-state index contributed by atoms with van der Waals surface area (Å²) in [5, 5.41) is 0. The molecule has 2 heterocycles. The van der Waals surface area contributed by atoms with Gasteiger partial charge in [-0.15, -0.1) is 0 Å². The molecule has 0 aliphatic carbocycles. The fraction of sp³-hybridized carbons (Fsp3) is 0.652. The van der Waals surface area contributed by atoms with Crippen LogP contribution in [0.4, 0.5) is 0 Å². The second-order valence-electron chi connectivity index (χ2n) is 8.32. The van der Waals surface area contributed by atoms with E-state index in [2.05, 4.69) is 13.8 Å². The third kappa shape index (κ3) is 5.50. The van der Waals surface area contributed by atoms with Crippen LogP contribution in [-0.4, -0.2) is 66.6 Å². The van der Waals surface area contributed by atoms with Gasteiger partial charge in [0, 0.05) is 43.3 Å². The highest BCUT2D eigenvalue weighted by Crippen LogP contribution is 2.23. The molecule has 0 radical (unpaired) electrons. The van der Waals surface area contributed by atoms with Gasteiger partial charge in [-0.1, -0.05) is 0 Å². The molecule has 0 aromatic heterocycles. The molecule has 6 nitrogen and oxygen atoms in total. The summed E-state index contributed by atoms with van der Waals surface area (Å²) in [6.07, 6.45) is 4.28. The first-order valence-electron chi connectivity index (χ1n) is 10.9. The van der Waals surface area contributed by atoms with Crippen LogP contribution in [0.2, 0.25) is 0 Å². The summed E-state index contributed by atoms with van der Waals surface area (Å²) in [6.45, 7) is 9.16. The molecular weight excluding hydrogens is 368 g/mol. The molecule has 3 atom stereocenters. The van der Waals surface area contributed by atoms with Crippen molar-refractivity contribution >= 4 is 11.8 Å². The normalized spacial score (nSPS) is 24.4. The number of hydrogen-bond acceptors (Lipinski definition) is 4. The van der Waals surface area contributed by atoms with Crippen molar-refractivity contribution in [3.8, 4) is 5.75 Å². The molecule has 29 heavy (non-hydrogen) atoms. The van der Waals surface area contributed by atoms with Crippen molar-refractivity contribution in [2.24, 2.45) is 5.92 Å². The highest BCUT2D eigenvalue weighted by molar-refractivity contribution is 5.94. The zero-order valence-electron chi connectivity index (χ0n) is 17.9. The van der Waals surface area contributed by atoms with Gasteiger partial charge in [-0.25, -0.2) is 0 Å². The van der Waals surface area contributed by atoms with Crippen LogP contribution < -0.4 is 4.74 Å². The standard InChI is InChI=1S/C23H34N2O4/c1-4-24(14-19-12-13-28-15-19)23(27)20-8-10-21(11-9-20)29-16-22(26)25-17(2)6-5-7-18(25)3/h8-11,17-19H,4-7,12-16H2,1-3H3. The Morgan fingerprint density at radius 3 is 2.41 bits per heavy atom. The lowest BCUT2D eigenvalue weighted by Gasteiger charge is -2.38. The Labute approximate surface area is 174 Å². The summed E-state index contributed by atoms with van der Waals surface area (Å²) < 4.78 is 11.1. The molecule has 2 aliphatic rings. The van der Waals surface area contributed by atoms with E-state index in [1.165, 1.54) is 6.42 Å². The smallest absolute Gasteiger partial charge is 0.260 e. The molecule has 1 aromatic carbocycles. The molecule has 160 valence electrons. The van der Waals surface area contributed by atoms with Crippen molar-refractivity contribution < 1.29 is 19.1 Å². The average Bonchev–Trinajstić information content (AvgIpc) is 3.23. The number of amides is 2. The van der Waals surface area contributed by atoms with Crippen molar-refractivity contribution in [2.75, 3.05) is 32.9 Å². The molecule has 2 saturated heterocycles. The van der Waals surface area contributed by atoms with Gasteiger partial charge in [0.25, 0.3) is 11.8 Å². The average molecular weight is 403 g/mol.